The molecule has 4 heteroatoms. The lowest BCUT2D eigenvalue weighted by atomic mass is 10.3. The van der Waals surface area contributed by atoms with Gasteiger partial charge in [0.05, 0.1) is 16.1 Å². The van der Waals surface area contributed by atoms with Crippen LogP contribution in [0.4, 0.5) is 0 Å². The maximum absolute atomic E-state index is 12.1. The second-order valence-electron chi connectivity index (χ2n) is 4.33. The number of hydrogen-bond acceptors (Lipinski definition) is 3. The SMILES string of the molecule is CC(CN(C)C)n1sc2ccccc2c1=O. The van der Waals surface area contributed by atoms with E-state index in [0.717, 1.165) is 16.6 Å². The van der Waals surface area contributed by atoms with E-state index in [-0.39, 0.29) is 11.6 Å². The van der Waals surface area contributed by atoms with Crippen molar-refractivity contribution in [2.75, 3.05) is 20.6 Å². The molecule has 0 spiro atoms. The van der Waals surface area contributed by atoms with Gasteiger partial charge in [-0.25, -0.2) is 0 Å². The highest BCUT2D eigenvalue weighted by Crippen LogP contribution is 2.19. The van der Waals surface area contributed by atoms with Crippen LogP contribution in [-0.2, 0) is 0 Å². The van der Waals surface area contributed by atoms with E-state index >= 15 is 0 Å². The van der Waals surface area contributed by atoms with Crippen LogP contribution in [0.15, 0.2) is 29.1 Å². The Labute approximate surface area is 99.1 Å². The maximum atomic E-state index is 12.1. The third kappa shape index (κ3) is 2.03. The van der Waals surface area contributed by atoms with Gasteiger partial charge in [0.25, 0.3) is 5.56 Å². The third-order valence-electron chi connectivity index (χ3n) is 2.54. The molecule has 0 bridgehead atoms. The molecule has 1 unspecified atom stereocenters. The maximum Gasteiger partial charge on any atom is 0.268 e. The minimum Gasteiger partial charge on any atom is -0.307 e. The van der Waals surface area contributed by atoms with Crippen molar-refractivity contribution in [3.63, 3.8) is 0 Å². The van der Waals surface area contributed by atoms with E-state index in [1.165, 1.54) is 0 Å². The van der Waals surface area contributed by atoms with E-state index in [2.05, 4.69) is 11.8 Å². The number of likely N-dealkylation sites (N-methyl/N-ethyl adjacent to an activating group) is 1. The van der Waals surface area contributed by atoms with Crippen LogP contribution in [-0.4, -0.2) is 29.5 Å². The average molecular weight is 236 g/mol. The molecule has 0 aliphatic carbocycles. The summed E-state index contributed by atoms with van der Waals surface area (Å²) >= 11 is 1.55. The molecule has 0 radical (unpaired) electrons. The molecule has 0 amide bonds. The molecule has 2 rings (SSSR count). The number of aromatic nitrogens is 1. The van der Waals surface area contributed by atoms with Crippen LogP contribution in [0, 0.1) is 0 Å². The van der Waals surface area contributed by atoms with Crippen molar-refractivity contribution in [2.24, 2.45) is 0 Å². The fourth-order valence-corrected chi connectivity index (χ4v) is 2.91. The molecule has 1 atom stereocenters. The minimum atomic E-state index is 0.134. The predicted molar refractivity (Wildman–Crippen MR) is 69.4 cm³/mol. The molecule has 3 nitrogen and oxygen atoms in total. The summed E-state index contributed by atoms with van der Waals surface area (Å²) in [6.07, 6.45) is 0. The van der Waals surface area contributed by atoms with Crippen molar-refractivity contribution >= 4 is 21.6 Å². The molecule has 0 saturated heterocycles. The Hall–Kier alpha value is -1.13. The lowest BCUT2D eigenvalue weighted by Crippen LogP contribution is -2.26. The Bertz CT molecular complexity index is 541. The van der Waals surface area contributed by atoms with Crippen LogP contribution >= 0.6 is 11.5 Å². The van der Waals surface area contributed by atoms with Gasteiger partial charge in [-0.15, -0.1) is 0 Å². The van der Waals surface area contributed by atoms with E-state index in [1.807, 2.05) is 42.3 Å². The molecule has 0 aliphatic heterocycles. The van der Waals surface area contributed by atoms with Gasteiger partial charge in [0, 0.05) is 6.54 Å². The summed E-state index contributed by atoms with van der Waals surface area (Å²) in [5.41, 5.74) is 0.134. The van der Waals surface area contributed by atoms with Crippen LogP contribution in [0.25, 0.3) is 10.1 Å². The summed E-state index contributed by atoms with van der Waals surface area (Å²) in [6.45, 7) is 2.96. The first-order chi connectivity index (χ1) is 7.59. The molecule has 1 aromatic heterocycles. The second kappa shape index (κ2) is 4.39. The van der Waals surface area contributed by atoms with Crippen molar-refractivity contribution < 1.29 is 0 Å². The van der Waals surface area contributed by atoms with Gasteiger partial charge in [-0.1, -0.05) is 23.7 Å². The van der Waals surface area contributed by atoms with Crippen molar-refractivity contribution in [1.29, 1.82) is 0 Å². The van der Waals surface area contributed by atoms with Gasteiger partial charge in [0.2, 0.25) is 0 Å². The molecular weight excluding hydrogens is 220 g/mol. The number of hydrogen-bond donors (Lipinski definition) is 0. The Morgan fingerprint density at radius 1 is 1.38 bits per heavy atom. The van der Waals surface area contributed by atoms with E-state index in [9.17, 15) is 4.79 Å². The molecule has 0 aliphatic rings. The molecule has 2 aromatic rings. The summed E-state index contributed by atoms with van der Waals surface area (Å²) < 4.78 is 2.93. The second-order valence-corrected chi connectivity index (χ2v) is 5.35. The summed E-state index contributed by atoms with van der Waals surface area (Å²) in [7, 11) is 4.05. The van der Waals surface area contributed by atoms with Gasteiger partial charge in [-0.3, -0.25) is 8.75 Å². The summed E-state index contributed by atoms with van der Waals surface area (Å²) in [5.74, 6) is 0. The number of nitrogens with zero attached hydrogens (tertiary/aromatic N) is 2. The number of rotatable bonds is 3. The van der Waals surface area contributed by atoms with E-state index in [1.54, 1.807) is 11.5 Å². The molecule has 16 heavy (non-hydrogen) atoms. The first-order valence-electron chi connectivity index (χ1n) is 5.35. The van der Waals surface area contributed by atoms with Crippen LogP contribution < -0.4 is 5.56 Å². The largest absolute Gasteiger partial charge is 0.307 e. The Balaban J connectivity index is 2.45. The van der Waals surface area contributed by atoms with E-state index in [4.69, 9.17) is 0 Å². The van der Waals surface area contributed by atoms with Crippen LogP contribution in [0.2, 0.25) is 0 Å². The van der Waals surface area contributed by atoms with Crippen molar-refractivity contribution in [3.05, 3.63) is 34.6 Å². The first kappa shape index (κ1) is 11.4. The summed E-state index contributed by atoms with van der Waals surface area (Å²) in [4.78, 5) is 14.2. The van der Waals surface area contributed by atoms with Crippen LogP contribution in [0.1, 0.15) is 13.0 Å². The van der Waals surface area contributed by atoms with Gasteiger partial charge >= 0.3 is 0 Å². The Morgan fingerprint density at radius 3 is 2.69 bits per heavy atom. The lowest BCUT2D eigenvalue weighted by Gasteiger charge is -2.16. The predicted octanol–water partition coefficient (Wildman–Crippen LogP) is 2.19. The van der Waals surface area contributed by atoms with Crippen molar-refractivity contribution in [1.82, 2.24) is 8.86 Å². The third-order valence-corrected chi connectivity index (χ3v) is 3.82. The minimum absolute atomic E-state index is 0.134. The fourth-order valence-electron chi connectivity index (χ4n) is 1.88. The Kier molecular flexibility index (Phi) is 3.12. The normalized spacial score (nSPS) is 13.5. The van der Waals surface area contributed by atoms with Crippen molar-refractivity contribution in [3.8, 4) is 0 Å². The van der Waals surface area contributed by atoms with Crippen LogP contribution in [0.3, 0.4) is 0 Å². The highest BCUT2D eigenvalue weighted by atomic mass is 32.1. The zero-order valence-corrected chi connectivity index (χ0v) is 10.6. The molecule has 1 aromatic carbocycles. The highest BCUT2D eigenvalue weighted by Gasteiger charge is 2.12. The Morgan fingerprint density at radius 2 is 2.06 bits per heavy atom. The molecule has 0 fully saturated rings. The summed E-state index contributed by atoms with van der Waals surface area (Å²) in [5, 5.41) is 0.832. The summed E-state index contributed by atoms with van der Waals surface area (Å²) in [6, 6.07) is 8.00. The molecule has 1 heterocycles. The number of benzene rings is 1. The molecule has 86 valence electrons. The van der Waals surface area contributed by atoms with Crippen LogP contribution in [0.5, 0.6) is 0 Å². The van der Waals surface area contributed by atoms with E-state index in [0.29, 0.717) is 0 Å². The van der Waals surface area contributed by atoms with E-state index < -0.39 is 0 Å². The molecule has 0 N–H and O–H groups in total. The van der Waals surface area contributed by atoms with Crippen molar-refractivity contribution in [2.45, 2.75) is 13.0 Å². The highest BCUT2D eigenvalue weighted by molar-refractivity contribution is 7.13. The van der Waals surface area contributed by atoms with Gasteiger partial charge in [0.15, 0.2) is 0 Å². The zero-order valence-electron chi connectivity index (χ0n) is 9.80. The van der Waals surface area contributed by atoms with Gasteiger partial charge < -0.3 is 4.90 Å². The standard InChI is InChI=1S/C12H16N2OS/c1-9(8-13(2)3)14-12(15)10-6-4-5-7-11(10)16-14/h4-7,9H,8H2,1-3H3. The van der Waals surface area contributed by atoms with Gasteiger partial charge in [-0.05, 0) is 33.2 Å². The quantitative estimate of drug-likeness (QED) is 0.816. The molecule has 0 saturated carbocycles. The van der Waals surface area contributed by atoms with Gasteiger partial charge in [-0.2, -0.15) is 0 Å². The average Bonchev–Trinajstić information content (AvgIpc) is 2.56. The first-order valence-corrected chi connectivity index (χ1v) is 6.12. The van der Waals surface area contributed by atoms with Gasteiger partial charge in [0.1, 0.15) is 0 Å². The zero-order chi connectivity index (χ0) is 11.7. The molecular formula is C12H16N2OS. The monoisotopic (exact) mass is 236 g/mol. The number of fused-ring (bicyclic) bond motifs is 1. The fraction of sp³-hybridized carbons (Fsp3) is 0.417. The lowest BCUT2D eigenvalue weighted by molar-refractivity contribution is 0.344. The topological polar surface area (TPSA) is 25.2 Å². The smallest absolute Gasteiger partial charge is 0.268 e.